The topological polar surface area (TPSA) is 62.6 Å². The van der Waals surface area contributed by atoms with E-state index in [0.29, 0.717) is 11.8 Å². The van der Waals surface area contributed by atoms with Crippen molar-refractivity contribution in [2.45, 2.75) is 38.3 Å². The molecule has 6 heteroatoms. The van der Waals surface area contributed by atoms with Crippen molar-refractivity contribution in [3.63, 3.8) is 0 Å². The van der Waals surface area contributed by atoms with Gasteiger partial charge in [-0.05, 0) is 37.3 Å². The van der Waals surface area contributed by atoms with E-state index in [-0.39, 0.29) is 11.1 Å². The summed E-state index contributed by atoms with van der Waals surface area (Å²) < 4.78 is 31.7. The second-order valence-corrected chi connectivity index (χ2v) is 7.76. The van der Waals surface area contributed by atoms with Gasteiger partial charge in [0.1, 0.15) is 0 Å². The lowest BCUT2D eigenvalue weighted by Crippen LogP contribution is -2.46. The van der Waals surface area contributed by atoms with Gasteiger partial charge in [0, 0.05) is 25.7 Å². The highest BCUT2D eigenvalue weighted by atomic mass is 32.2. The highest BCUT2D eigenvalue weighted by molar-refractivity contribution is 7.89. The van der Waals surface area contributed by atoms with Crippen molar-refractivity contribution in [2.75, 3.05) is 19.6 Å². The van der Waals surface area contributed by atoms with Crippen LogP contribution in [0.5, 0.6) is 0 Å². The first-order valence-corrected chi connectivity index (χ1v) is 8.63. The van der Waals surface area contributed by atoms with Gasteiger partial charge < -0.3 is 9.32 Å². The quantitative estimate of drug-likeness (QED) is 0.902. The zero-order chi connectivity index (χ0) is 14.8. The first kappa shape index (κ1) is 15.5. The van der Waals surface area contributed by atoms with Crippen molar-refractivity contribution in [1.29, 1.82) is 0 Å². The number of likely N-dealkylation sites (tertiary alicyclic amines) is 1. The number of furan rings is 1. The third kappa shape index (κ3) is 4.07. The molecule has 1 aromatic heterocycles. The fraction of sp³-hybridized carbons (Fsp3) is 0.714. The van der Waals surface area contributed by atoms with Gasteiger partial charge in [-0.3, -0.25) is 0 Å². The molecule has 1 aliphatic rings. The molecule has 20 heavy (non-hydrogen) atoms. The molecule has 5 nitrogen and oxygen atoms in total. The van der Waals surface area contributed by atoms with Crippen molar-refractivity contribution < 1.29 is 12.8 Å². The molecular weight excluding hydrogens is 276 g/mol. The van der Waals surface area contributed by atoms with Crippen molar-refractivity contribution in [2.24, 2.45) is 11.8 Å². The van der Waals surface area contributed by atoms with E-state index in [2.05, 4.69) is 23.5 Å². The number of piperidine rings is 1. The van der Waals surface area contributed by atoms with Gasteiger partial charge >= 0.3 is 0 Å². The van der Waals surface area contributed by atoms with Crippen LogP contribution >= 0.6 is 0 Å². The lowest BCUT2D eigenvalue weighted by Gasteiger charge is -2.36. The SMILES string of the molecule is CC1CC(C)CN(CC(C)NS(=O)(=O)c2ccco2)C1. The maximum Gasteiger partial charge on any atom is 0.274 e. The molecule has 3 atom stereocenters. The van der Waals surface area contributed by atoms with Crippen LogP contribution in [-0.2, 0) is 10.0 Å². The van der Waals surface area contributed by atoms with Gasteiger partial charge in [-0.2, -0.15) is 0 Å². The van der Waals surface area contributed by atoms with Gasteiger partial charge in [-0.25, -0.2) is 13.1 Å². The standard InChI is InChI=1S/C14H24N2O3S/c1-11-7-12(2)9-16(8-11)10-13(3)15-20(17,18)14-5-4-6-19-14/h4-6,11-13,15H,7-10H2,1-3H3. The van der Waals surface area contributed by atoms with Crippen molar-refractivity contribution in [1.82, 2.24) is 9.62 Å². The van der Waals surface area contributed by atoms with E-state index in [1.54, 1.807) is 6.07 Å². The second-order valence-electron chi connectivity index (χ2n) is 6.12. The predicted molar refractivity (Wildman–Crippen MR) is 77.9 cm³/mol. The van der Waals surface area contributed by atoms with Gasteiger partial charge in [-0.15, -0.1) is 0 Å². The molecule has 0 amide bonds. The summed E-state index contributed by atoms with van der Waals surface area (Å²) in [6, 6.07) is 2.90. The zero-order valence-electron chi connectivity index (χ0n) is 12.4. The number of rotatable bonds is 5. The second kappa shape index (κ2) is 6.28. The molecule has 1 N–H and O–H groups in total. The average molecular weight is 300 g/mol. The number of sulfonamides is 1. The Morgan fingerprint density at radius 2 is 2.05 bits per heavy atom. The Bertz CT molecular complexity index is 503. The van der Waals surface area contributed by atoms with E-state index in [0.717, 1.165) is 19.6 Å². The minimum Gasteiger partial charge on any atom is -0.452 e. The maximum absolute atomic E-state index is 12.1. The Labute approximate surface area is 121 Å². The molecule has 1 saturated heterocycles. The highest BCUT2D eigenvalue weighted by Crippen LogP contribution is 2.21. The largest absolute Gasteiger partial charge is 0.452 e. The molecule has 114 valence electrons. The summed E-state index contributed by atoms with van der Waals surface area (Å²) in [7, 11) is -3.54. The minimum absolute atomic E-state index is 0.0234. The summed E-state index contributed by atoms with van der Waals surface area (Å²) in [6.07, 6.45) is 2.62. The maximum atomic E-state index is 12.1. The summed E-state index contributed by atoms with van der Waals surface area (Å²) in [4.78, 5) is 2.34. The molecule has 0 bridgehead atoms. The Balaban J connectivity index is 1.91. The van der Waals surface area contributed by atoms with E-state index in [1.165, 1.54) is 18.8 Å². The number of hydrogen-bond acceptors (Lipinski definition) is 4. The third-order valence-corrected chi connectivity index (χ3v) is 5.07. The smallest absolute Gasteiger partial charge is 0.274 e. The summed E-state index contributed by atoms with van der Waals surface area (Å²) in [5, 5.41) is -0.0234. The first-order valence-electron chi connectivity index (χ1n) is 7.15. The van der Waals surface area contributed by atoms with Crippen LogP contribution in [0.25, 0.3) is 0 Å². The molecule has 2 heterocycles. The summed E-state index contributed by atoms with van der Waals surface area (Å²) in [5.74, 6) is 1.35. The molecule has 1 aliphatic heterocycles. The van der Waals surface area contributed by atoms with Crippen molar-refractivity contribution in [3.8, 4) is 0 Å². The van der Waals surface area contributed by atoms with E-state index in [9.17, 15) is 8.42 Å². The normalized spacial score (nSPS) is 26.6. The van der Waals surface area contributed by atoms with Gasteiger partial charge in [0.25, 0.3) is 10.0 Å². The Kier molecular flexibility index (Phi) is 4.88. The van der Waals surface area contributed by atoms with Gasteiger partial charge in [0.15, 0.2) is 0 Å². The van der Waals surface area contributed by atoms with Crippen LogP contribution in [0.1, 0.15) is 27.2 Å². The van der Waals surface area contributed by atoms with Gasteiger partial charge in [0.05, 0.1) is 6.26 Å². The van der Waals surface area contributed by atoms with Crippen LogP contribution in [0.2, 0.25) is 0 Å². The lowest BCUT2D eigenvalue weighted by molar-refractivity contribution is 0.134. The third-order valence-electron chi connectivity index (χ3n) is 3.59. The van der Waals surface area contributed by atoms with Crippen LogP contribution in [-0.4, -0.2) is 39.0 Å². The Hall–Kier alpha value is -0.850. The average Bonchev–Trinajstić information content (AvgIpc) is 2.79. The van der Waals surface area contributed by atoms with Crippen LogP contribution < -0.4 is 4.72 Å². The molecule has 0 spiro atoms. The van der Waals surface area contributed by atoms with Gasteiger partial charge in [-0.1, -0.05) is 13.8 Å². The molecule has 2 rings (SSSR count). The first-order chi connectivity index (χ1) is 9.37. The Morgan fingerprint density at radius 1 is 1.40 bits per heavy atom. The number of nitrogens with one attached hydrogen (secondary N) is 1. The fourth-order valence-corrected chi connectivity index (χ4v) is 4.27. The Morgan fingerprint density at radius 3 is 2.60 bits per heavy atom. The number of hydrogen-bond donors (Lipinski definition) is 1. The van der Waals surface area contributed by atoms with E-state index < -0.39 is 10.0 Å². The van der Waals surface area contributed by atoms with Crippen molar-refractivity contribution in [3.05, 3.63) is 18.4 Å². The van der Waals surface area contributed by atoms with Crippen LogP contribution in [0.4, 0.5) is 0 Å². The molecule has 0 saturated carbocycles. The zero-order valence-corrected chi connectivity index (χ0v) is 13.2. The molecule has 0 aliphatic carbocycles. The summed E-state index contributed by atoms with van der Waals surface area (Å²) >= 11 is 0. The van der Waals surface area contributed by atoms with Gasteiger partial charge in [0.2, 0.25) is 5.09 Å². The number of nitrogens with zero attached hydrogens (tertiary/aromatic N) is 1. The van der Waals surface area contributed by atoms with E-state index >= 15 is 0 Å². The van der Waals surface area contributed by atoms with Crippen LogP contribution in [0, 0.1) is 11.8 Å². The molecule has 0 radical (unpaired) electrons. The lowest BCUT2D eigenvalue weighted by atomic mass is 9.92. The summed E-state index contributed by atoms with van der Waals surface area (Å²) in [6.45, 7) is 9.20. The monoisotopic (exact) mass is 300 g/mol. The van der Waals surface area contributed by atoms with E-state index in [4.69, 9.17) is 4.42 Å². The fourth-order valence-electron chi connectivity index (χ4n) is 3.11. The molecule has 1 aromatic rings. The predicted octanol–water partition coefficient (Wildman–Crippen LogP) is 1.92. The molecule has 3 unspecified atom stereocenters. The van der Waals surface area contributed by atoms with Crippen LogP contribution in [0.3, 0.4) is 0 Å². The molecule has 0 aromatic carbocycles. The summed E-state index contributed by atoms with van der Waals surface area (Å²) in [5.41, 5.74) is 0. The minimum atomic E-state index is -3.54. The molecule has 1 fully saturated rings. The highest BCUT2D eigenvalue weighted by Gasteiger charge is 2.25. The van der Waals surface area contributed by atoms with Crippen LogP contribution in [0.15, 0.2) is 27.9 Å². The molecular formula is C14H24N2O3S. The van der Waals surface area contributed by atoms with E-state index in [1.807, 2.05) is 6.92 Å². The van der Waals surface area contributed by atoms with Crippen molar-refractivity contribution >= 4 is 10.0 Å².